The maximum atomic E-state index is 12.6. The van der Waals surface area contributed by atoms with E-state index in [9.17, 15) is 4.79 Å². The monoisotopic (exact) mass is 401 g/mol. The molecule has 0 bridgehead atoms. The van der Waals surface area contributed by atoms with E-state index in [0.29, 0.717) is 18.1 Å². The number of imidazole rings is 1. The second-order valence-corrected chi connectivity index (χ2v) is 7.00. The molecule has 0 atom stereocenters. The molecular formula is C24H23N3O3. The molecule has 1 amide bonds. The summed E-state index contributed by atoms with van der Waals surface area (Å²) in [5.41, 5.74) is 4.43. The first-order valence-electron chi connectivity index (χ1n) is 9.68. The Kier molecular flexibility index (Phi) is 5.77. The van der Waals surface area contributed by atoms with Crippen LogP contribution in [0.25, 0.3) is 16.9 Å². The Morgan fingerprint density at radius 3 is 2.53 bits per heavy atom. The lowest BCUT2D eigenvalue weighted by Gasteiger charge is -2.09. The average Bonchev–Trinajstić information content (AvgIpc) is 3.12. The molecule has 0 spiro atoms. The maximum Gasteiger partial charge on any atom is 0.251 e. The van der Waals surface area contributed by atoms with Gasteiger partial charge in [-0.05, 0) is 48.4 Å². The van der Waals surface area contributed by atoms with Crippen LogP contribution in [0.3, 0.4) is 0 Å². The van der Waals surface area contributed by atoms with Crippen LogP contribution < -0.4 is 10.1 Å². The van der Waals surface area contributed by atoms with E-state index in [1.807, 2.05) is 84.3 Å². The summed E-state index contributed by atoms with van der Waals surface area (Å²) in [6.07, 6.45) is 1.95. The van der Waals surface area contributed by atoms with Crippen molar-refractivity contribution < 1.29 is 14.3 Å². The first-order valence-corrected chi connectivity index (χ1v) is 9.68. The molecule has 0 radical (unpaired) electrons. The highest BCUT2D eigenvalue weighted by Crippen LogP contribution is 2.30. The lowest BCUT2D eigenvalue weighted by Crippen LogP contribution is -2.19. The molecule has 0 fully saturated rings. The zero-order valence-corrected chi connectivity index (χ0v) is 17.0. The minimum absolute atomic E-state index is 0.0456. The van der Waals surface area contributed by atoms with E-state index in [-0.39, 0.29) is 12.5 Å². The van der Waals surface area contributed by atoms with Crippen molar-refractivity contribution in [1.29, 1.82) is 0 Å². The Labute approximate surface area is 175 Å². The van der Waals surface area contributed by atoms with Crippen LogP contribution in [-0.4, -0.2) is 29.0 Å². The molecule has 0 unspecified atom stereocenters. The van der Waals surface area contributed by atoms with Gasteiger partial charge in [0.15, 0.2) is 0 Å². The molecule has 0 aliphatic heterocycles. The summed E-state index contributed by atoms with van der Waals surface area (Å²) < 4.78 is 12.7. The van der Waals surface area contributed by atoms with Gasteiger partial charge in [-0.2, -0.15) is 0 Å². The van der Waals surface area contributed by atoms with Gasteiger partial charge in [-0.15, -0.1) is 0 Å². The van der Waals surface area contributed by atoms with Crippen molar-refractivity contribution >= 4 is 17.4 Å². The molecule has 2 heterocycles. The summed E-state index contributed by atoms with van der Waals surface area (Å²) in [5.74, 6) is 1.15. The fraction of sp³-hybridized carbons (Fsp3) is 0.167. The third-order valence-corrected chi connectivity index (χ3v) is 4.73. The number of methoxy groups -OCH3 is 1. The molecule has 0 saturated heterocycles. The normalized spacial score (nSPS) is 10.9. The lowest BCUT2D eigenvalue weighted by molar-refractivity contribution is -0.121. The number of fused-ring (bicyclic) bond motifs is 1. The Bertz CT molecular complexity index is 1150. The average molecular weight is 401 g/mol. The molecular weight excluding hydrogens is 378 g/mol. The predicted octanol–water partition coefficient (Wildman–Crippen LogP) is 4.47. The smallest absolute Gasteiger partial charge is 0.251 e. The van der Waals surface area contributed by atoms with Crippen LogP contribution in [0, 0.1) is 6.92 Å². The van der Waals surface area contributed by atoms with Gasteiger partial charge in [0.05, 0.1) is 13.7 Å². The van der Waals surface area contributed by atoms with Gasteiger partial charge in [0.2, 0.25) is 0 Å². The van der Waals surface area contributed by atoms with Crippen LogP contribution in [0.15, 0.2) is 72.9 Å². The number of aromatic nitrogens is 2. The molecule has 2 aromatic heterocycles. The van der Waals surface area contributed by atoms with E-state index in [2.05, 4.69) is 5.32 Å². The fourth-order valence-corrected chi connectivity index (χ4v) is 3.22. The quantitative estimate of drug-likeness (QED) is 0.496. The zero-order chi connectivity index (χ0) is 20.9. The van der Waals surface area contributed by atoms with E-state index in [1.165, 1.54) is 0 Å². The lowest BCUT2D eigenvalue weighted by atomic mass is 10.1. The van der Waals surface area contributed by atoms with Gasteiger partial charge in [-0.3, -0.25) is 9.20 Å². The van der Waals surface area contributed by atoms with E-state index in [4.69, 9.17) is 14.5 Å². The number of hydrogen-bond donors (Lipinski definition) is 1. The molecule has 6 heteroatoms. The SMILES string of the molecule is COc1ccc(-c2nc3ccc(C)cn3c2NC(=O)COCc2ccccc2)cc1. The minimum Gasteiger partial charge on any atom is -0.497 e. The first-order chi connectivity index (χ1) is 14.6. The second-order valence-electron chi connectivity index (χ2n) is 7.00. The molecule has 2 aromatic carbocycles. The summed E-state index contributed by atoms with van der Waals surface area (Å²) in [7, 11) is 1.63. The van der Waals surface area contributed by atoms with Crippen molar-refractivity contribution in [2.45, 2.75) is 13.5 Å². The van der Waals surface area contributed by atoms with Gasteiger partial charge in [-0.25, -0.2) is 4.98 Å². The van der Waals surface area contributed by atoms with Crippen LogP contribution >= 0.6 is 0 Å². The standard InChI is InChI=1S/C24H23N3O3/c1-17-8-13-21-25-23(19-9-11-20(29-2)12-10-19)24(27(21)14-17)26-22(28)16-30-15-18-6-4-3-5-7-18/h3-14H,15-16H2,1-2H3,(H,26,28). The Morgan fingerprint density at radius 1 is 1.03 bits per heavy atom. The fourth-order valence-electron chi connectivity index (χ4n) is 3.22. The second kappa shape index (κ2) is 8.80. The van der Waals surface area contributed by atoms with Crippen molar-refractivity contribution in [3.05, 3.63) is 84.1 Å². The van der Waals surface area contributed by atoms with Crippen LogP contribution in [0.1, 0.15) is 11.1 Å². The summed E-state index contributed by atoms with van der Waals surface area (Å²) in [5, 5.41) is 2.98. The molecule has 1 N–H and O–H groups in total. The number of aryl methyl sites for hydroxylation is 1. The van der Waals surface area contributed by atoms with Crippen molar-refractivity contribution in [2.75, 3.05) is 19.0 Å². The van der Waals surface area contributed by atoms with Crippen molar-refractivity contribution in [3.63, 3.8) is 0 Å². The van der Waals surface area contributed by atoms with Gasteiger partial charge in [0, 0.05) is 11.8 Å². The number of pyridine rings is 1. The Morgan fingerprint density at radius 2 is 1.80 bits per heavy atom. The highest BCUT2D eigenvalue weighted by atomic mass is 16.5. The Balaban J connectivity index is 1.57. The summed E-state index contributed by atoms with van der Waals surface area (Å²) in [6, 6.07) is 21.3. The molecule has 0 saturated carbocycles. The number of anilines is 1. The van der Waals surface area contributed by atoms with E-state index in [0.717, 1.165) is 28.1 Å². The van der Waals surface area contributed by atoms with Gasteiger partial charge in [0.1, 0.15) is 29.5 Å². The number of hydrogen-bond acceptors (Lipinski definition) is 4. The first kappa shape index (κ1) is 19.7. The zero-order valence-electron chi connectivity index (χ0n) is 17.0. The molecule has 152 valence electrons. The van der Waals surface area contributed by atoms with E-state index in [1.54, 1.807) is 7.11 Å². The summed E-state index contributed by atoms with van der Waals surface area (Å²) in [6.45, 7) is 2.34. The van der Waals surface area contributed by atoms with Crippen molar-refractivity contribution in [3.8, 4) is 17.0 Å². The molecule has 0 aliphatic carbocycles. The number of carbonyl (C=O) groups is 1. The molecule has 0 aliphatic rings. The predicted molar refractivity (Wildman–Crippen MR) is 117 cm³/mol. The minimum atomic E-state index is -0.232. The van der Waals surface area contributed by atoms with Crippen molar-refractivity contribution in [2.24, 2.45) is 0 Å². The molecule has 6 nitrogen and oxygen atoms in total. The molecule has 4 aromatic rings. The van der Waals surface area contributed by atoms with Crippen LogP contribution in [0.4, 0.5) is 5.82 Å². The molecule has 30 heavy (non-hydrogen) atoms. The van der Waals surface area contributed by atoms with E-state index < -0.39 is 0 Å². The number of nitrogens with zero attached hydrogens (tertiary/aromatic N) is 2. The van der Waals surface area contributed by atoms with Gasteiger partial charge >= 0.3 is 0 Å². The molecule has 4 rings (SSSR count). The number of benzene rings is 2. The number of carbonyl (C=O) groups excluding carboxylic acids is 1. The largest absolute Gasteiger partial charge is 0.497 e. The number of nitrogens with one attached hydrogen (secondary N) is 1. The summed E-state index contributed by atoms with van der Waals surface area (Å²) in [4.78, 5) is 17.3. The van der Waals surface area contributed by atoms with Gasteiger partial charge in [0.25, 0.3) is 5.91 Å². The third-order valence-electron chi connectivity index (χ3n) is 4.73. The third kappa shape index (κ3) is 4.34. The van der Waals surface area contributed by atoms with Crippen LogP contribution in [0.2, 0.25) is 0 Å². The highest BCUT2D eigenvalue weighted by molar-refractivity contribution is 5.95. The Hall–Kier alpha value is -3.64. The summed E-state index contributed by atoms with van der Waals surface area (Å²) >= 11 is 0. The van der Waals surface area contributed by atoms with Crippen LogP contribution in [0.5, 0.6) is 5.75 Å². The van der Waals surface area contributed by atoms with Gasteiger partial charge < -0.3 is 14.8 Å². The number of ether oxygens (including phenoxy) is 2. The van der Waals surface area contributed by atoms with Crippen LogP contribution in [-0.2, 0) is 16.1 Å². The maximum absolute atomic E-state index is 12.6. The van der Waals surface area contributed by atoms with E-state index >= 15 is 0 Å². The van der Waals surface area contributed by atoms with Crippen molar-refractivity contribution in [1.82, 2.24) is 9.38 Å². The highest BCUT2D eigenvalue weighted by Gasteiger charge is 2.17. The van der Waals surface area contributed by atoms with Gasteiger partial charge in [-0.1, -0.05) is 36.4 Å². The topological polar surface area (TPSA) is 64.9 Å². The number of amides is 1. The number of rotatable bonds is 7.